The van der Waals surface area contributed by atoms with Crippen LogP contribution >= 0.6 is 15.9 Å². The van der Waals surface area contributed by atoms with Gasteiger partial charge in [0, 0.05) is 34.1 Å². The van der Waals surface area contributed by atoms with Gasteiger partial charge in [-0.2, -0.15) is 5.10 Å². The zero-order chi connectivity index (χ0) is 17.7. The Morgan fingerprint density at radius 1 is 1.12 bits per heavy atom. The summed E-state index contributed by atoms with van der Waals surface area (Å²) in [6, 6.07) is 19.2. The molecule has 5 rings (SSSR count). The highest BCUT2D eigenvalue weighted by atomic mass is 79.9. The summed E-state index contributed by atoms with van der Waals surface area (Å²) in [7, 11) is 1.77. The third-order valence-electron chi connectivity index (χ3n) is 5.25. The van der Waals surface area contributed by atoms with Crippen molar-refractivity contribution < 1.29 is 4.74 Å². The summed E-state index contributed by atoms with van der Waals surface area (Å²) in [6.07, 6.45) is 4.34. The van der Waals surface area contributed by atoms with Gasteiger partial charge in [-0.1, -0.05) is 52.3 Å². The molecule has 2 aromatic carbocycles. The molecule has 1 aliphatic carbocycles. The molecular weight excluding hydrogens is 388 g/mol. The molecule has 0 spiro atoms. The largest absolute Gasteiger partial charge is 0.372 e. The molecule has 0 radical (unpaired) electrons. The van der Waals surface area contributed by atoms with E-state index in [0.29, 0.717) is 5.92 Å². The molecule has 26 heavy (non-hydrogen) atoms. The first-order valence-corrected chi connectivity index (χ1v) is 9.73. The molecule has 0 bridgehead atoms. The molecule has 1 saturated carbocycles. The van der Waals surface area contributed by atoms with Crippen molar-refractivity contribution in [2.24, 2.45) is 0 Å². The van der Waals surface area contributed by atoms with Crippen LogP contribution in [0.1, 0.15) is 41.7 Å². The molecule has 4 aromatic rings. The predicted molar refractivity (Wildman–Crippen MR) is 108 cm³/mol. The van der Waals surface area contributed by atoms with Gasteiger partial charge in [0.15, 0.2) is 0 Å². The fraction of sp³-hybridized carbons (Fsp3) is 0.227. The maximum Gasteiger partial charge on any atom is 0.111 e. The maximum atomic E-state index is 5.92. The Balaban J connectivity index is 1.78. The van der Waals surface area contributed by atoms with E-state index in [2.05, 4.69) is 75.0 Å². The Labute approximate surface area is 160 Å². The van der Waals surface area contributed by atoms with E-state index in [9.17, 15) is 0 Å². The fourth-order valence-corrected chi connectivity index (χ4v) is 4.09. The van der Waals surface area contributed by atoms with E-state index in [1.54, 1.807) is 7.11 Å². The lowest BCUT2D eigenvalue weighted by Gasteiger charge is -2.16. The van der Waals surface area contributed by atoms with E-state index in [-0.39, 0.29) is 6.10 Å². The van der Waals surface area contributed by atoms with Crippen molar-refractivity contribution in [2.75, 3.05) is 7.11 Å². The molecule has 4 heteroatoms. The molecule has 0 amide bonds. The van der Waals surface area contributed by atoms with E-state index in [1.165, 1.54) is 34.8 Å². The maximum absolute atomic E-state index is 5.92. The lowest BCUT2D eigenvalue weighted by molar-refractivity contribution is 0.137. The van der Waals surface area contributed by atoms with Crippen molar-refractivity contribution in [3.05, 3.63) is 82.1 Å². The summed E-state index contributed by atoms with van der Waals surface area (Å²) in [4.78, 5) is 0. The highest BCUT2D eigenvalue weighted by Gasteiger charge is 2.29. The van der Waals surface area contributed by atoms with Crippen LogP contribution in [0.2, 0.25) is 0 Å². The number of nitrogens with zero attached hydrogens (tertiary/aromatic N) is 2. The van der Waals surface area contributed by atoms with E-state index >= 15 is 0 Å². The van der Waals surface area contributed by atoms with Crippen LogP contribution in [0.15, 0.2) is 65.3 Å². The molecule has 1 fully saturated rings. The number of ether oxygens (including phenoxy) is 1. The second kappa shape index (κ2) is 6.22. The van der Waals surface area contributed by atoms with Crippen molar-refractivity contribution in [3.63, 3.8) is 0 Å². The molecule has 1 atom stereocenters. The van der Waals surface area contributed by atoms with Crippen LogP contribution in [0.5, 0.6) is 0 Å². The predicted octanol–water partition coefficient (Wildman–Crippen LogP) is 5.86. The van der Waals surface area contributed by atoms with Crippen molar-refractivity contribution >= 4 is 32.2 Å². The Morgan fingerprint density at radius 2 is 1.88 bits per heavy atom. The SMILES string of the molecule is COC(c1ccc(Br)cc1)c1cnn2c(C3CC3)cc3ccccc3c12. The van der Waals surface area contributed by atoms with E-state index < -0.39 is 0 Å². The van der Waals surface area contributed by atoms with Gasteiger partial charge in [-0.05, 0) is 42.0 Å². The number of rotatable bonds is 4. The Morgan fingerprint density at radius 3 is 2.62 bits per heavy atom. The van der Waals surface area contributed by atoms with Crippen molar-refractivity contribution in [1.29, 1.82) is 0 Å². The van der Waals surface area contributed by atoms with Crippen molar-refractivity contribution in [1.82, 2.24) is 9.61 Å². The fourth-order valence-electron chi connectivity index (χ4n) is 3.83. The highest BCUT2D eigenvalue weighted by molar-refractivity contribution is 9.10. The number of methoxy groups -OCH3 is 1. The Hall–Kier alpha value is -2.17. The number of hydrogen-bond donors (Lipinski definition) is 0. The topological polar surface area (TPSA) is 26.5 Å². The van der Waals surface area contributed by atoms with Crippen LogP contribution in [0.4, 0.5) is 0 Å². The summed E-state index contributed by atoms with van der Waals surface area (Å²) < 4.78 is 9.13. The summed E-state index contributed by atoms with van der Waals surface area (Å²) in [5.41, 5.74) is 4.73. The second-order valence-corrected chi connectivity index (χ2v) is 7.87. The number of fused-ring (bicyclic) bond motifs is 3. The highest BCUT2D eigenvalue weighted by Crippen LogP contribution is 2.43. The van der Waals surface area contributed by atoms with Crippen LogP contribution < -0.4 is 0 Å². The Bertz CT molecular complexity index is 1100. The second-order valence-electron chi connectivity index (χ2n) is 6.96. The monoisotopic (exact) mass is 406 g/mol. The van der Waals surface area contributed by atoms with Gasteiger partial charge in [0.1, 0.15) is 6.10 Å². The molecule has 1 aliphatic rings. The van der Waals surface area contributed by atoms with Gasteiger partial charge >= 0.3 is 0 Å². The lowest BCUT2D eigenvalue weighted by atomic mass is 9.99. The minimum atomic E-state index is -0.140. The molecule has 2 heterocycles. The summed E-state index contributed by atoms with van der Waals surface area (Å²) in [5, 5.41) is 7.27. The van der Waals surface area contributed by atoms with Crippen LogP contribution in [-0.2, 0) is 4.74 Å². The normalized spacial score (nSPS) is 15.6. The van der Waals surface area contributed by atoms with E-state index in [0.717, 1.165) is 15.6 Å². The summed E-state index contributed by atoms with van der Waals surface area (Å²) >= 11 is 3.51. The summed E-state index contributed by atoms with van der Waals surface area (Å²) in [6.45, 7) is 0. The lowest BCUT2D eigenvalue weighted by Crippen LogP contribution is -2.04. The first kappa shape index (κ1) is 16.0. The molecule has 2 aromatic heterocycles. The summed E-state index contributed by atoms with van der Waals surface area (Å²) in [5.74, 6) is 0.628. The smallest absolute Gasteiger partial charge is 0.111 e. The third kappa shape index (κ3) is 2.56. The molecule has 1 unspecified atom stereocenters. The van der Waals surface area contributed by atoms with Gasteiger partial charge in [-0.3, -0.25) is 0 Å². The number of aromatic nitrogens is 2. The third-order valence-corrected chi connectivity index (χ3v) is 5.78. The molecule has 0 aliphatic heterocycles. The van der Waals surface area contributed by atoms with Crippen LogP contribution in [-0.4, -0.2) is 16.7 Å². The molecule has 3 nitrogen and oxygen atoms in total. The van der Waals surface area contributed by atoms with Gasteiger partial charge in [-0.25, -0.2) is 4.52 Å². The van der Waals surface area contributed by atoms with Crippen molar-refractivity contribution in [3.8, 4) is 0 Å². The average Bonchev–Trinajstić information content (AvgIpc) is 3.43. The van der Waals surface area contributed by atoms with Crippen LogP contribution in [0, 0.1) is 0 Å². The quantitative estimate of drug-likeness (QED) is 0.423. The number of hydrogen-bond acceptors (Lipinski definition) is 2. The number of benzene rings is 2. The first-order chi connectivity index (χ1) is 12.8. The zero-order valence-electron chi connectivity index (χ0n) is 14.5. The zero-order valence-corrected chi connectivity index (χ0v) is 16.1. The van der Waals surface area contributed by atoms with Gasteiger partial charge in [0.2, 0.25) is 0 Å². The van der Waals surface area contributed by atoms with Gasteiger partial charge in [0.25, 0.3) is 0 Å². The van der Waals surface area contributed by atoms with Crippen LogP contribution in [0.3, 0.4) is 0 Å². The molecule has 0 N–H and O–H groups in total. The molecule has 130 valence electrons. The Kier molecular flexibility index (Phi) is 3.84. The molecule has 0 saturated heterocycles. The van der Waals surface area contributed by atoms with Gasteiger partial charge in [-0.15, -0.1) is 0 Å². The number of halogens is 1. The standard InChI is InChI=1S/C22H19BrN2O/c1-26-22(15-8-10-17(23)11-9-15)19-13-24-25-20(14-6-7-14)12-16-4-2-3-5-18(16)21(19)25/h2-5,8-14,22H,6-7H2,1H3. The van der Waals surface area contributed by atoms with Crippen molar-refractivity contribution in [2.45, 2.75) is 24.9 Å². The first-order valence-electron chi connectivity index (χ1n) is 8.94. The molecular formula is C22H19BrN2O. The van der Waals surface area contributed by atoms with Gasteiger partial charge in [0.05, 0.1) is 11.7 Å². The van der Waals surface area contributed by atoms with Crippen LogP contribution in [0.25, 0.3) is 16.3 Å². The van der Waals surface area contributed by atoms with Gasteiger partial charge < -0.3 is 4.74 Å². The van der Waals surface area contributed by atoms with E-state index in [4.69, 9.17) is 9.84 Å². The number of pyridine rings is 1. The minimum Gasteiger partial charge on any atom is -0.372 e. The van der Waals surface area contributed by atoms with E-state index in [1.807, 2.05) is 6.20 Å². The minimum absolute atomic E-state index is 0.140. The average molecular weight is 407 g/mol.